The number of carbonyl (C=O) groups is 1. The summed E-state index contributed by atoms with van der Waals surface area (Å²) >= 11 is 0. The van der Waals surface area contributed by atoms with Crippen LogP contribution in [0.1, 0.15) is 29.6 Å². The van der Waals surface area contributed by atoms with Gasteiger partial charge >= 0.3 is 0 Å². The molecular formula is C15H20N6O2. The van der Waals surface area contributed by atoms with E-state index in [4.69, 9.17) is 10.3 Å². The molecule has 2 aromatic heterocycles. The number of nitrogens with zero attached hydrogens (tertiary/aromatic N) is 4. The number of hydrogen-bond acceptors (Lipinski definition) is 7. The maximum Gasteiger partial charge on any atom is 0.231 e. The van der Waals surface area contributed by atoms with E-state index in [9.17, 15) is 4.79 Å². The summed E-state index contributed by atoms with van der Waals surface area (Å²) in [6.07, 6.45) is 0.916. The van der Waals surface area contributed by atoms with Gasteiger partial charge in [0.1, 0.15) is 17.4 Å². The fourth-order valence-corrected chi connectivity index (χ4v) is 2.80. The van der Waals surface area contributed by atoms with Gasteiger partial charge in [0.05, 0.1) is 6.54 Å². The van der Waals surface area contributed by atoms with E-state index in [1.807, 2.05) is 24.8 Å². The fourth-order valence-electron chi connectivity index (χ4n) is 2.80. The van der Waals surface area contributed by atoms with Gasteiger partial charge in [0, 0.05) is 30.3 Å². The molecule has 1 saturated heterocycles. The van der Waals surface area contributed by atoms with E-state index in [0.29, 0.717) is 11.6 Å². The molecule has 1 fully saturated rings. The van der Waals surface area contributed by atoms with Crippen molar-refractivity contribution in [2.75, 3.05) is 25.0 Å². The van der Waals surface area contributed by atoms with Crippen LogP contribution in [0.5, 0.6) is 0 Å². The van der Waals surface area contributed by atoms with E-state index in [1.165, 1.54) is 0 Å². The Labute approximate surface area is 134 Å². The highest BCUT2D eigenvalue weighted by molar-refractivity contribution is 5.75. The van der Waals surface area contributed by atoms with Crippen molar-refractivity contribution in [1.82, 2.24) is 20.0 Å². The highest BCUT2D eigenvalue weighted by Crippen LogP contribution is 2.26. The van der Waals surface area contributed by atoms with E-state index in [2.05, 4.69) is 20.4 Å². The summed E-state index contributed by atoms with van der Waals surface area (Å²) in [4.78, 5) is 22.2. The van der Waals surface area contributed by atoms with Gasteiger partial charge in [-0.1, -0.05) is 5.16 Å². The number of likely N-dealkylation sites (tertiary alicyclic amines) is 1. The lowest BCUT2D eigenvalue weighted by molar-refractivity contribution is -0.118. The molecule has 1 aliphatic rings. The van der Waals surface area contributed by atoms with Crippen molar-refractivity contribution in [3.8, 4) is 0 Å². The summed E-state index contributed by atoms with van der Waals surface area (Å²) < 4.78 is 5.04. The highest BCUT2D eigenvalue weighted by atomic mass is 16.5. The molecule has 3 rings (SSSR count). The zero-order chi connectivity index (χ0) is 16.4. The lowest BCUT2D eigenvalue weighted by Crippen LogP contribution is -2.32. The Morgan fingerprint density at radius 2 is 2.22 bits per heavy atom. The predicted molar refractivity (Wildman–Crippen MR) is 84.3 cm³/mol. The van der Waals surface area contributed by atoms with Crippen LogP contribution < -0.4 is 11.1 Å². The number of nitrogens with one attached hydrogen (secondary N) is 1. The third kappa shape index (κ3) is 3.84. The van der Waals surface area contributed by atoms with Crippen molar-refractivity contribution >= 4 is 17.5 Å². The zero-order valence-corrected chi connectivity index (χ0v) is 13.2. The van der Waals surface area contributed by atoms with Gasteiger partial charge in [0.15, 0.2) is 5.82 Å². The van der Waals surface area contributed by atoms with Crippen molar-refractivity contribution in [1.29, 1.82) is 0 Å². The van der Waals surface area contributed by atoms with Gasteiger partial charge in [-0.05, 0) is 26.8 Å². The molecule has 8 heteroatoms. The fraction of sp³-hybridized carbons (Fsp3) is 0.467. The van der Waals surface area contributed by atoms with Gasteiger partial charge in [-0.2, -0.15) is 0 Å². The minimum absolute atomic E-state index is 0.203. The Balaban J connectivity index is 1.74. The monoisotopic (exact) mass is 316 g/mol. The van der Waals surface area contributed by atoms with E-state index in [1.54, 1.807) is 6.07 Å². The minimum atomic E-state index is -0.306. The van der Waals surface area contributed by atoms with Crippen LogP contribution >= 0.6 is 0 Å². The first-order chi connectivity index (χ1) is 11.0. The molecule has 1 atom stereocenters. The number of carbonyl (C=O) groups excluding carboxylic acids is 1. The maximum absolute atomic E-state index is 11.0. The second kappa shape index (κ2) is 6.33. The van der Waals surface area contributed by atoms with Crippen LogP contribution in [-0.4, -0.2) is 45.6 Å². The molecule has 0 bridgehead atoms. The third-order valence-corrected chi connectivity index (χ3v) is 3.77. The number of amides is 1. The summed E-state index contributed by atoms with van der Waals surface area (Å²) in [6.45, 7) is 5.62. The molecular weight excluding hydrogens is 296 g/mol. The van der Waals surface area contributed by atoms with Crippen molar-refractivity contribution in [2.45, 2.75) is 26.2 Å². The molecule has 3 heterocycles. The normalized spacial score (nSPS) is 18.3. The second-order valence-electron chi connectivity index (χ2n) is 5.89. The molecule has 2 aromatic rings. The molecule has 0 spiro atoms. The van der Waals surface area contributed by atoms with Gasteiger partial charge < -0.3 is 15.6 Å². The first-order valence-corrected chi connectivity index (χ1v) is 7.56. The second-order valence-corrected chi connectivity index (χ2v) is 5.89. The Hall–Kier alpha value is -2.48. The lowest BCUT2D eigenvalue weighted by Gasteiger charge is -2.14. The van der Waals surface area contributed by atoms with Crippen LogP contribution in [0, 0.1) is 13.8 Å². The summed E-state index contributed by atoms with van der Waals surface area (Å²) in [6, 6.07) is 3.67. The summed E-state index contributed by atoms with van der Waals surface area (Å²) in [7, 11) is 0. The number of nitrogens with two attached hydrogens (primary N) is 1. The zero-order valence-electron chi connectivity index (χ0n) is 13.2. The number of aromatic nitrogens is 3. The van der Waals surface area contributed by atoms with Crippen LogP contribution in [-0.2, 0) is 4.79 Å². The van der Waals surface area contributed by atoms with Crippen molar-refractivity contribution in [3.63, 3.8) is 0 Å². The van der Waals surface area contributed by atoms with Gasteiger partial charge in [0.25, 0.3) is 0 Å². The SMILES string of the molecule is Cc1cc(Nc2cc(C)on2)nc([C@@H]2CCN(CC(N)=O)C2)n1. The number of anilines is 2. The molecule has 8 nitrogen and oxygen atoms in total. The first-order valence-electron chi connectivity index (χ1n) is 7.56. The molecule has 23 heavy (non-hydrogen) atoms. The number of aryl methyl sites for hydroxylation is 2. The van der Waals surface area contributed by atoms with Gasteiger partial charge in [-0.3, -0.25) is 9.69 Å². The van der Waals surface area contributed by atoms with Gasteiger partial charge in [-0.15, -0.1) is 0 Å². The summed E-state index contributed by atoms with van der Waals surface area (Å²) in [5.74, 6) is 2.71. The molecule has 0 aromatic carbocycles. The van der Waals surface area contributed by atoms with Crippen LogP contribution in [0.4, 0.5) is 11.6 Å². The standard InChI is InChI=1S/C15H20N6O2/c1-9-5-13(18-14-6-10(2)23-20-14)19-15(17-9)11-3-4-21(7-11)8-12(16)22/h5-6,11H,3-4,7-8H2,1-2H3,(H2,16,22)(H,17,18,19,20)/t11-/m1/s1. The van der Waals surface area contributed by atoms with Crippen molar-refractivity contribution < 1.29 is 9.32 Å². The Morgan fingerprint density at radius 1 is 1.39 bits per heavy atom. The van der Waals surface area contributed by atoms with Crippen LogP contribution in [0.25, 0.3) is 0 Å². The molecule has 122 valence electrons. The van der Waals surface area contributed by atoms with Crippen LogP contribution in [0.3, 0.4) is 0 Å². The number of rotatable bonds is 5. The van der Waals surface area contributed by atoms with E-state index < -0.39 is 0 Å². The third-order valence-electron chi connectivity index (χ3n) is 3.77. The summed E-state index contributed by atoms with van der Waals surface area (Å²) in [5.41, 5.74) is 6.14. The van der Waals surface area contributed by atoms with E-state index in [0.717, 1.165) is 36.8 Å². The Bertz CT molecular complexity index is 714. The van der Waals surface area contributed by atoms with Gasteiger partial charge in [0.2, 0.25) is 5.91 Å². The molecule has 3 N–H and O–H groups in total. The number of hydrogen-bond donors (Lipinski definition) is 2. The minimum Gasteiger partial charge on any atom is -0.369 e. The summed E-state index contributed by atoms with van der Waals surface area (Å²) in [5, 5.41) is 7.04. The highest BCUT2D eigenvalue weighted by Gasteiger charge is 2.27. The van der Waals surface area contributed by atoms with Crippen molar-refractivity contribution in [3.05, 3.63) is 29.4 Å². The van der Waals surface area contributed by atoms with Gasteiger partial charge in [-0.25, -0.2) is 9.97 Å². The topological polar surface area (TPSA) is 110 Å². The van der Waals surface area contributed by atoms with E-state index in [-0.39, 0.29) is 18.4 Å². The van der Waals surface area contributed by atoms with E-state index >= 15 is 0 Å². The Kier molecular flexibility index (Phi) is 4.24. The average molecular weight is 316 g/mol. The molecule has 1 amide bonds. The average Bonchev–Trinajstić information content (AvgIpc) is 3.07. The van der Waals surface area contributed by atoms with Crippen LogP contribution in [0.15, 0.2) is 16.7 Å². The first kappa shape index (κ1) is 15.4. The quantitative estimate of drug-likeness (QED) is 0.849. The molecule has 0 radical (unpaired) electrons. The molecule has 0 saturated carbocycles. The maximum atomic E-state index is 11.0. The predicted octanol–water partition coefficient (Wildman–Crippen LogP) is 1.10. The van der Waals surface area contributed by atoms with Crippen LogP contribution in [0.2, 0.25) is 0 Å². The smallest absolute Gasteiger partial charge is 0.231 e. The number of primary amides is 1. The molecule has 0 unspecified atom stereocenters. The largest absolute Gasteiger partial charge is 0.369 e. The Morgan fingerprint density at radius 3 is 2.91 bits per heavy atom. The lowest BCUT2D eigenvalue weighted by atomic mass is 10.1. The van der Waals surface area contributed by atoms with Crippen molar-refractivity contribution in [2.24, 2.45) is 5.73 Å². The molecule has 0 aliphatic carbocycles. The molecule has 1 aliphatic heterocycles.